The van der Waals surface area contributed by atoms with Crippen molar-refractivity contribution < 1.29 is 19.0 Å². The molecule has 126 valence electrons. The standard InChI is InChI=1S/C19H20FNO3/c1-21(11-12-7-8-18(24-2)17(22)9-12)19(23)15-10-14(15)13-5-3-4-6-16(13)20/h3-9,14-15,22H,10-11H2,1-2H3. The Kier molecular flexibility index (Phi) is 4.42. The predicted molar refractivity (Wildman–Crippen MR) is 88.4 cm³/mol. The van der Waals surface area contributed by atoms with E-state index in [1.54, 1.807) is 42.3 Å². The number of phenolic OH excluding ortho intramolecular Hbond substituents is 1. The average molecular weight is 329 g/mol. The van der Waals surface area contributed by atoms with E-state index in [1.165, 1.54) is 13.2 Å². The smallest absolute Gasteiger partial charge is 0.226 e. The molecule has 0 bridgehead atoms. The van der Waals surface area contributed by atoms with Crippen LogP contribution in [0.5, 0.6) is 11.5 Å². The third kappa shape index (κ3) is 3.20. The molecule has 0 aromatic heterocycles. The molecule has 1 aliphatic rings. The molecule has 0 spiro atoms. The third-order valence-electron chi connectivity index (χ3n) is 4.45. The van der Waals surface area contributed by atoms with E-state index in [-0.39, 0.29) is 29.3 Å². The fraction of sp³-hybridized carbons (Fsp3) is 0.316. The molecule has 1 N–H and O–H groups in total. The molecule has 1 amide bonds. The highest BCUT2D eigenvalue weighted by Gasteiger charge is 2.46. The molecule has 1 saturated carbocycles. The Morgan fingerprint density at radius 3 is 2.75 bits per heavy atom. The number of hydrogen-bond donors (Lipinski definition) is 1. The van der Waals surface area contributed by atoms with Gasteiger partial charge in [0.15, 0.2) is 11.5 Å². The Labute approximate surface area is 140 Å². The number of halogens is 1. The molecule has 0 radical (unpaired) electrons. The van der Waals surface area contributed by atoms with E-state index in [2.05, 4.69) is 0 Å². The lowest BCUT2D eigenvalue weighted by Gasteiger charge is -2.18. The minimum atomic E-state index is -0.250. The van der Waals surface area contributed by atoms with Gasteiger partial charge in [0.05, 0.1) is 7.11 Å². The molecular weight excluding hydrogens is 309 g/mol. The summed E-state index contributed by atoms with van der Waals surface area (Å²) < 4.78 is 18.8. The second-order valence-corrected chi connectivity index (χ2v) is 6.17. The lowest BCUT2D eigenvalue weighted by molar-refractivity contribution is -0.131. The van der Waals surface area contributed by atoms with Gasteiger partial charge in [0.1, 0.15) is 5.82 Å². The van der Waals surface area contributed by atoms with Gasteiger partial charge in [0.25, 0.3) is 0 Å². The lowest BCUT2D eigenvalue weighted by atomic mass is 10.1. The summed E-state index contributed by atoms with van der Waals surface area (Å²) in [6, 6.07) is 11.7. The molecule has 1 aliphatic carbocycles. The van der Waals surface area contributed by atoms with E-state index in [0.29, 0.717) is 24.3 Å². The summed E-state index contributed by atoms with van der Waals surface area (Å²) in [4.78, 5) is 14.1. The molecule has 4 nitrogen and oxygen atoms in total. The highest BCUT2D eigenvalue weighted by atomic mass is 19.1. The van der Waals surface area contributed by atoms with Gasteiger partial charge in [-0.25, -0.2) is 4.39 Å². The molecule has 2 atom stereocenters. The van der Waals surface area contributed by atoms with E-state index in [0.717, 1.165) is 5.56 Å². The molecule has 3 rings (SSSR count). The fourth-order valence-corrected chi connectivity index (χ4v) is 3.06. The number of amides is 1. The van der Waals surface area contributed by atoms with Crippen LogP contribution < -0.4 is 4.74 Å². The number of carbonyl (C=O) groups is 1. The maximum atomic E-state index is 13.8. The van der Waals surface area contributed by atoms with Crippen molar-refractivity contribution in [2.75, 3.05) is 14.2 Å². The van der Waals surface area contributed by atoms with Gasteiger partial charge in [0, 0.05) is 19.5 Å². The van der Waals surface area contributed by atoms with Gasteiger partial charge >= 0.3 is 0 Å². The average Bonchev–Trinajstić information content (AvgIpc) is 3.35. The Hall–Kier alpha value is -2.56. The van der Waals surface area contributed by atoms with Gasteiger partial charge in [-0.05, 0) is 41.7 Å². The zero-order valence-corrected chi connectivity index (χ0v) is 13.7. The lowest BCUT2D eigenvalue weighted by Crippen LogP contribution is -2.28. The molecule has 2 aromatic rings. The van der Waals surface area contributed by atoms with Crippen molar-refractivity contribution >= 4 is 5.91 Å². The maximum Gasteiger partial charge on any atom is 0.226 e. The van der Waals surface area contributed by atoms with Crippen molar-refractivity contribution in [2.24, 2.45) is 5.92 Å². The highest BCUT2D eigenvalue weighted by molar-refractivity contribution is 5.82. The van der Waals surface area contributed by atoms with E-state index >= 15 is 0 Å². The summed E-state index contributed by atoms with van der Waals surface area (Å²) >= 11 is 0. The summed E-state index contributed by atoms with van der Waals surface area (Å²) in [6.45, 7) is 0.386. The van der Waals surface area contributed by atoms with Crippen LogP contribution in [0.1, 0.15) is 23.5 Å². The Balaban J connectivity index is 1.64. The van der Waals surface area contributed by atoms with E-state index in [9.17, 15) is 14.3 Å². The van der Waals surface area contributed by atoms with Crippen LogP contribution in [0.3, 0.4) is 0 Å². The van der Waals surface area contributed by atoms with Crippen LogP contribution in [-0.2, 0) is 11.3 Å². The van der Waals surface area contributed by atoms with Crippen LogP contribution in [0, 0.1) is 11.7 Å². The molecule has 5 heteroatoms. The van der Waals surface area contributed by atoms with Crippen LogP contribution in [0.4, 0.5) is 4.39 Å². The zero-order valence-electron chi connectivity index (χ0n) is 13.7. The SMILES string of the molecule is COc1ccc(CN(C)C(=O)C2CC2c2ccccc2F)cc1O. The molecule has 1 fully saturated rings. The van der Waals surface area contributed by atoms with Crippen molar-refractivity contribution in [1.82, 2.24) is 4.90 Å². The largest absolute Gasteiger partial charge is 0.504 e. The molecular formula is C19H20FNO3. The number of benzene rings is 2. The summed E-state index contributed by atoms with van der Waals surface area (Å²) in [6.07, 6.45) is 0.679. The second-order valence-electron chi connectivity index (χ2n) is 6.17. The number of ether oxygens (including phenoxy) is 1. The summed E-state index contributed by atoms with van der Waals surface area (Å²) in [5, 5.41) is 9.82. The number of methoxy groups -OCH3 is 1. The number of aromatic hydroxyl groups is 1. The highest BCUT2D eigenvalue weighted by Crippen LogP contribution is 2.49. The number of rotatable bonds is 5. The van der Waals surface area contributed by atoms with Gasteiger partial charge in [-0.3, -0.25) is 4.79 Å². The van der Waals surface area contributed by atoms with Crippen LogP contribution in [0.2, 0.25) is 0 Å². The van der Waals surface area contributed by atoms with E-state index in [1.807, 2.05) is 6.07 Å². The first-order valence-electron chi connectivity index (χ1n) is 7.86. The molecule has 2 aromatic carbocycles. The van der Waals surface area contributed by atoms with Gasteiger partial charge < -0.3 is 14.7 Å². The minimum absolute atomic E-state index is 0.00133. The zero-order chi connectivity index (χ0) is 17.3. The quantitative estimate of drug-likeness (QED) is 0.916. The second kappa shape index (κ2) is 6.51. The van der Waals surface area contributed by atoms with Crippen molar-refractivity contribution in [3.8, 4) is 11.5 Å². The topological polar surface area (TPSA) is 49.8 Å². The summed E-state index contributed by atoms with van der Waals surface area (Å²) in [7, 11) is 3.21. The summed E-state index contributed by atoms with van der Waals surface area (Å²) in [5.74, 6) is -0.00991. The van der Waals surface area contributed by atoms with Gasteiger partial charge in [-0.15, -0.1) is 0 Å². The summed E-state index contributed by atoms with van der Waals surface area (Å²) in [5.41, 5.74) is 1.43. The molecule has 2 unspecified atom stereocenters. The molecule has 0 saturated heterocycles. The normalized spacial score (nSPS) is 19.0. The fourth-order valence-electron chi connectivity index (χ4n) is 3.06. The monoisotopic (exact) mass is 329 g/mol. The molecule has 24 heavy (non-hydrogen) atoms. The van der Waals surface area contributed by atoms with Crippen molar-refractivity contribution in [3.63, 3.8) is 0 Å². The first kappa shape index (κ1) is 16.3. The Bertz CT molecular complexity index is 762. The minimum Gasteiger partial charge on any atom is -0.504 e. The van der Waals surface area contributed by atoms with Crippen LogP contribution >= 0.6 is 0 Å². The molecule has 0 heterocycles. The van der Waals surface area contributed by atoms with Crippen molar-refractivity contribution in [2.45, 2.75) is 18.9 Å². The van der Waals surface area contributed by atoms with E-state index < -0.39 is 0 Å². The molecule has 0 aliphatic heterocycles. The van der Waals surface area contributed by atoms with Crippen LogP contribution in [-0.4, -0.2) is 30.1 Å². The Morgan fingerprint density at radius 2 is 2.08 bits per heavy atom. The van der Waals surface area contributed by atoms with Crippen LogP contribution in [0.15, 0.2) is 42.5 Å². The predicted octanol–water partition coefficient (Wildman–Crippen LogP) is 3.30. The first-order valence-corrected chi connectivity index (χ1v) is 7.86. The van der Waals surface area contributed by atoms with E-state index in [4.69, 9.17) is 4.74 Å². The van der Waals surface area contributed by atoms with Gasteiger partial charge in [0.2, 0.25) is 5.91 Å². The van der Waals surface area contributed by atoms with Crippen molar-refractivity contribution in [3.05, 3.63) is 59.4 Å². The number of phenols is 1. The first-order chi connectivity index (χ1) is 11.5. The third-order valence-corrected chi connectivity index (χ3v) is 4.45. The van der Waals surface area contributed by atoms with Crippen molar-refractivity contribution in [1.29, 1.82) is 0 Å². The number of nitrogens with zero attached hydrogens (tertiary/aromatic N) is 1. The van der Waals surface area contributed by atoms with Gasteiger partial charge in [-0.2, -0.15) is 0 Å². The maximum absolute atomic E-state index is 13.8. The number of hydrogen-bond acceptors (Lipinski definition) is 3. The number of carbonyl (C=O) groups excluding carboxylic acids is 1. The van der Waals surface area contributed by atoms with Crippen LogP contribution in [0.25, 0.3) is 0 Å². The Morgan fingerprint density at radius 1 is 1.33 bits per heavy atom. The van der Waals surface area contributed by atoms with Gasteiger partial charge in [-0.1, -0.05) is 24.3 Å².